The lowest BCUT2D eigenvalue weighted by atomic mass is 10.1. The summed E-state index contributed by atoms with van der Waals surface area (Å²) in [6.07, 6.45) is 2.54. The molecule has 0 bridgehead atoms. The minimum Gasteiger partial charge on any atom is -0.312 e. The van der Waals surface area contributed by atoms with E-state index in [1.807, 2.05) is 5.38 Å². The van der Waals surface area contributed by atoms with Crippen molar-refractivity contribution in [3.63, 3.8) is 0 Å². The Morgan fingerprint density at radius 2 is 2.39 bits per heavy atom. The van der Waals surface area contributed by atoms with Gasteiger partial charge in [-0.15, -0.1) is 23.7 Å². The van der Waals surface area contributed by atoms with Gasteiger partial charge in [0.05, 0.1) is 0 Å². The normalized spacial score (nSPS) is 13.6. The van der Waals surface area contributed by atoms with Gasteiger partial charge in [0, 0.05) is 42.3 Å². The third kappa shape index (κ3) is 2.38. The van der Waals surface area contributed by atoms with E-state index in [4.69, 9.17) is 0 Å². The van der Waals surface area contributed by atoms with E-state index in [9.17, 15) is 4.79 Å². The van der Waals surface area contributed by atoms with Crippen LogP contribution in [0.2, 0.25) is 0 Å². The fraction of sp³-hybridized carbons (Fsp3) is 0.300. The zero-order valence-electron chi connectivity index (χ0n) is 9.40. The summed E-state index contributed by atoms with van der Waals surface area (Å²) in [5.74, 6) is -0.207. The fourth-order valence-electron chi connectivity index (χ4n) is 1.85. The summed E-state index contributed by atoms with van der Waals surface area (Å²) in [6, 6.07) is 0. The minimum atomic E-state index is -0.207. The van der Waals surface area contributed by atoms with E-state index < -0.39 is 0 Å². The molecule has 0 atom stereocenters. The molecule has 2 aromatic heterocycles. The van der Waals surface area contributed by atoms with Crippen LogP contribution in [-0.4, -0.2) is 27.6 Å². The highest BCUT2D eigenvalue weighted by Gasteiger charge is 2.21. The van der Waals surface area contributed by atoms with Crippen LogP contribution in [0.25, 0.3) is 0 Å². The van der Waals surface area contributed by atoms with Gasteiger partial charge in [-0.25, -0.2) is 4.98 Å². The monoisotopic (exact) mass is 285 g/mol. The fourth-order valence-corrected chi connectivity index (χ4v) is 2.38. The van der Waals surface area contributed by atoms with Crippen molar-refractivity contribution in [3.05, 3.63) is 28.5 Å². The summed E-state index contributed by atoms with van der Waals surface area (Å²) >= 11 is 1.39. The number of aromatic amines is 1. The molecule has 1 aliphatic heterocycles. The van der Waals surface area contributed by atoms with Crippen molar-refractivity contribution >= 4 is 34.8 Å². The number of carbonyl (C=O) groups is 1. The first kappa shape index (κ1) is 13.0. The zero-order chi connectivity index (χ0) is 11.7. The molecule has 0 saturated heterocycles. The Labute approximate surface area is 114 Å². The number of thiazole rings is 1. The minimum absolute atomic E-state index is 0. The topological polar surface area (TPSA) is 82.7 Å². The largest absolute Gasteiger partial charge is 0.312 e. The molecule has 0 unspecified atom stereocenters. The highest BCUT2D eigenvalue weighted by Crippen LogP contribution is 2.17. The van der Waals surface area contributed by atoms with Crippen molar-refractivity contribution in [3.8, 4) is 0 Å². The lowest BCUT2D eigenvalue weighted by Gasteiger charge is -2.12. The highest BCUT2D eigenvalue weighted by atomic mass is 35.5. The van der Waals surface area contributed by atoms with E-state index in [0.29, 0.717) is 17.4 Å². The quantitative estimate of drug-likeness (QED) is 0.774. The number of halogens is 1. The number of nitrogens with zero attached hydrogens (tertiary/aromatic N) is 2. The first-order valence-corrected chi connectivity index (χ1v) is 6.20. The Balaban J connectivity index is 0.00000120. The van der Waals surface area contributed by atoms with Crippen molar-refractivity contribution < 1.29 is 4.79 Å². The standard InChI is InChI=1S/C10H11N5OS.ClH/c16-9(13-10-12-3-4-17-10)8-6-5-11-2-1-7(6)14-15-8;/h3-4,11H,1-2,5H2,(H,14,15)(H,12,13,16);1H. The molecule has 0 radical (unpaired) electrons. The number of hydrogen-bond acceptors (Lipinski definition) is 5. The Kier molecular flexibility index (Phi) is 3.95. The number of anilines is 1. The molecule has 2 aromatic rings. The Morgan fingerprint density at radius 3 is 3.17 bits per heavy atom. The maximum absolute atomic E-state index is 12.0. The van der Waals surface area contributed by atoms with E-state index in [0.717, 1.165) is 24.2 Å². The van der Waals surface area contributed by atoms with Crippen LogP contribution in [0, 0.1) is 0 Å². The lowest BCUT2D eigenvalue weighted by Crippen LogP contribution is -2.25. The van der Waals surface area contributed by atoms with Crippen LogP contribution in [0.4, 0.5) is 5.13 Å². The van der Waals surface area contributed by atoms with E-state index >= 15 is 0 Å². The molecular formula is C10H12ClN5OS. The van der Waals surface area contributed by atoms with Gasteiger partial charge in [0.25, 0.3) is 5.91 Å². The summed E-state index contributed by atoms with van der Waals surface area (Å²) in [4.78, 5) is 16.0. The maximum Gasteiger partial charge on any atom is 0.278 e. The summed E-state index contributed by atoms with van der Waals surface area (Å²) in [7, 11) is 0. The van der Waals surface area contributed by atoms with Crippen LogP contribution >= 0.6 is 23.7 Å². The molecule has 0 aromatic carbocycles. The van der Waals surface area contributed by atoms with Crippen LogP contribution < -0.4 is 10.6 Å². The molecule has 96 valence electrons. The first-order valence-electron chi connectivity index (χ1n) is 5.32. The van der Waals surface area contributed by atoms with Gasteiger partial charge in [0.1, 0.15) is 0 Å². The highest BCUT2D eigenvalue weighted by molar-refractivity contribution is 7.13. The van der Waals surface area contributed by atoms with E-state index in [2.05, 4.69) is 25.8 Å². The number of nitrogens with one attached hydrogen (secondary N) is 3. The molecule has 1 amide bonds. The number of carbonyl (C=O) groups excluding carboxylic acids is 1. The molecule has 0 saturated carbocycles. The summed E-state index contributed by atoms with van der Waals surface area (Å²) in [5, 5.41) is 15.4. The SMILES string of the molecule is Cl.O=C(Nc1nccs1)c1n[nH]c2c1CNCC2. The van der Waals surface area contributed by atoms with Gasteiger partial charge in [-0.05, 0) is 0 Å². The summed E-state index contributed by atoms with van der Waals surface area (Å²) < 4.78 is 0. The molecule has 6 nitrogen and oxygen atoms in total. The van der Waals surface area contributed by atoms with Crippen LogP contribution in [-0.2, 0) is 13.0 Å². The van der Waals surface area contributed by atoms with Crippen LogP contribution in [0.3, 0.4) is 0 Å². The van der Waals surface area contributed by atoms with Gasteiger partial charge in [-0.2, -0.15) is 5.10 Å². The van der Waals surface area contributed by atoms with Gasteiger partial charge in [-0.3, -0.25) is 15.2 Å². The van der Waals surface area contributed by atoms with Gasteiger partial charge >= 0.3 is 0 Å². The summed E-state index contributed by atoms with van der Waals surface area (Å²) in [5.41, 5.74) is 2.47. The molecule has 18 heavy (non-hydrogen) atoms. The van der Waals surface area contributed by atoms with Gasteiger partial charge in [0.2, 0.25) is 0 Å². The van der Waals surface area contributed by atoms with Crippen molar-refractivity contribution in [2.24, 2.45) is 0 Å². The Bertz CT molecular complexity index is 538. The Hall–Kier alpha value is -1.44. The molecule has 0 fully saturated rings. The maximum atomic E-state index is 12.0. The van der Waals surface area contributed by atoms with Crippen molar-refractivity contribution in [2.75, 3.05) is 11.9 Å². The molecule has 0 spiro atoms. The number of amides is 1. The van der Waals surface area contributed by atoms with Crippen molar-refractivity contribution in [1.29, 1.82) is 0 Å². The number of fused-ring (bicyclic) bond motifs is 1. The predicted octanol–water partition coefficient (Wildman–Crippen LogP) is 1.19. The molecule has 3 heterocycles. The van der Waals surface area contributed by atoms with Crippen LogP contribution in [0.5, 0.6) is 0 Å². The molecule has 8 heteroatoms. The number of hydrogen-bond donors (Lipinski definition) is 3. The molecule has 1 aliphatic rings. The average molecular weight is 286 g/mol. The second kappa shape index (κ2) is 5.47. The molecule has 3 rings (SSSR count). The van der Waals surface area contributed by atoms with E-state index in [-0.39, 0.29) is 18.3 Å². The van der Waals surface area contributed by atoms with Crippen LogP contribution in [0.15, 0.2) is 11.6 Å². The number of H-pyrrole nitrogens is 1. The molecule has 0 aliphatic carbocycles. The van der Waals surface area contributed by atoms with Crippen molar-refractivity contribution in [2.45, 2.75) is 13.0 Å². The van der Waals surface area contributed by atoms with E-state index in [1.165, 1.54) is 11.3 Å². The first-order chi connectivity index (χ1) is 8.34. The second-order valence-corrected chi connectivity index (χ2v) is 4.64. The average Bonchev–Trinajstić information content (AvgIpc) is 2.96. The van der Waals surface area contributed by atoms with Gasteiger partial charge in [0.15, 0.2) is 10.8 Å². The third-order valence-corrected chi connectivity index (χ3v) is 3.36. The van der Waals surface area contributed by atoms with Gasteiger partial charge in [-0.1, -0.05) is 0 Å². The Morgan fingerprint density at radius 1 is 1.50 bits per heavy atom. The predicted molar refractivity (Wildman–Crippen MR) is 71.3 cm³/mol. The van der Waals surface area contributed by atoms with Crippen LogP contribution in [0.1, 0.15) is 21.7 Å². The van der Waals surface area contributed by atoms with Crippen molar-refractivity contribution in [1.82, 2.24) is 20.5 Å². The van der Waals surface area contributed by atoms with E-state index in [1.54, 1.807) is 6.20 Å². The number of aromatic nitrogens is 3. The second-order valence-electron chi connectivity index (χ2n) is 3.75. The third-order valence-electron chi connectivity index (χ3n) is 2.67. The lowest BCUT2D eigenvalue weighted by molar-refractivity contribution is 0.102. The summed E-state index contributed by atoms with van der Waals surface area (Å²) in [6.45, 7) is 1.61. The smallest absolute Gasteiger partial charge is 0.278 e. The number of rotatable bonds is 2. The molecule has 3 N–H and O–H groups in total. The molecular weight excluding hydrogens is 274 g/mol. The zero-order valence-corrected chi connectivity index (χ0v) is 11.0. The van der Waals surface area contributed by atoms with Gasteiger partial charge < -0.3 is 5.32 Å².